The van der Waals surface area contributed by atoms with Crippen LogP contribution in [0.2, 0.25) is 0 Å². The topological polar surface area (TPSA) is 77.6 Å². The monoisotopic (exact) mass is 805 g/mol. The molecule has 0 amide bonds. The van der Waals surface area contributed by atoms with Crippen molar-refractivity contribution in [1.82, 2.24) is 24.9 Å². The van der Waals surface area contributed by atoms with E-state index in [1.54, 1.807) is 0 Å². The molecule has 3 aromatic heterocycles. The second-order valence-corrected chi connectivity index (χ2v) is 15.7. The Morgan fingerprint density at radius 1 is 0.254 bits per heavy atom. The molecule has 3 heterocycles. The van der Waals surface area contributed by atoms with Crippen LogP contribution >= 0.6 is 0 Å². The van der Waals surface area contributed by atoms with E-state index in [0.29, 0.717) is 23.3 Å². The van der Waals surface area contributed by atoms with E-state index in [2.05, 4.69) is 152 Å². The zero-order valence-corrected chi connectivity index (χ0v) is 33.9. The molecule has 6 nitrogen and oxygen atoms in total. The van der Waals surface area contributed by atoms with Gasteiger partial charge in [0.15, 0.2) is 23.3 Å². The third-order valence-electron chi connectivity index (χ3n) is 11.7. The van der Waals surface area contributed by atoms with Crippen LogP contribution in [0.4, 0.5) is 0 Å². The Balaban J connectivity index is 0.945. The maximum atomic E-state index is 6.56. The average Bonchev–Trinajstić information content (AvgIpc) is 3.75. The highest BCUT2D eigenvalue weighted by Gasteiger charge is 2.17. The first-order valence-electron chi connectivity index (χ1n) is 21.0. The fraction of sp³-hybridized carbons (Fsp3) is 0. The van der Waals surface area contributed by atoms with Crippen LogP contribution in [0.3, 0.4) is 0 Å². The molecule has 0 aliphatic rings. The van der Waals surface area contributed by atoms with Crippen molar-refractivity contribution in [2.45, 2.75) is 0 Å². The van der Waals surface area contributed by atoms with Gasteiger partial charge in [-0.3, -0.25) is 0 Å². The molecule has 12 aromatic rings. The van der Waals surface area contributed by atoms with Gasteiger partial charge in [-0.1, -0.05) is 170 Å². The first-order valence-corrected chi connectivity index (χ1v) is 21.0. The van der Waals surface area contributed by atoms with Gasteiger partial charge in [0.25, 0.3) is 0 Å². The zero-order valence-electron chi connectivity index (χ0n) is 33.9. The number of rotatable bonds is 7. The summed E-state index contributed by atoms with van der Waals surface area (Å²) >= 11 is 0. The second kappa shape index (κ2) is 15.1. The normalized spacial score (nSPS) is 11.5. The molecule has 0 spiro atoms. The smallest absolute Gasteiger partial charge is 0.164 e. The number of furan rings is 1. The molecular weight excluding hydrogens is 771 g/mol. The van der Waals surface area contributed by atoms with Crippen molar-refractivity contribution < 1.29 is 4.42 Å². The van der Waals surface area contributed by atoms with Gasteiger partial charge in [0.2, 0.25) is 0 Å². The summed E-state index contributed by atoms with van der Waals surface area (Å²) in [6.07, 6.45) is 0. The number of hydrogen-bond donors (Lipinski definition) is 0. The van der Waals surface area contributed by atoms with Crippen LogP contribution in [0.25, 0.3) is 123 Å². The van der Waals surface area contributed by atoms with Crippen LogP contribution in [0.5, 0.6) is 0 Å². The van der Waals surface area contributed by atoms with Crippen LogP contribution < -0.4 is 0 Å². The lowest BCUT2D eigenvalue weighted by molar-refractivity contribution is 0.673. The maximum absolute atomic E-state index is 6.56. The lowest BCUT2D eigenvalue weighted by Gasteiger charge is -2.12. The molecule has 0 saturated carbocycles. The average molecular weight is 806 g/mol. The zero-order chi connectivity index (χ0) is 41.7. The lowest BCUT2D eigenvalue weighted by Crippen LogP contribution is -2.00. The van der Waals surface area contributed by atoms with Crippen molar-refractivity contribution in [2.24, 2.45) is 0 Å². The fourth-order valence-electron chi connectivity index (χ4n) is 8.50. The first kappa shape index (κ1) is 36.3. The van der Waals surface area contributed by atoms with Crippen LogP contribution in [0.1, 0.15) is 0 Å². The molecule has 63 heavy (non-hydrogen) atoms. The van der Waals surface area contributed by atoms with Gasteiger partial charge in [-0.25, -0.2) is 24.9 Å². The summed E-state index contributed by atoms with van der Waals surface area (Å²) in [6, 6.07) is 73.0. The predicted molar refractivity (Wildman–Crippen MR) is 256 cm³/mol. The van der Waals surface area contributed by atoms with E-state index in [1.807, 2.05) is 60.7 Å². The van der Waals surface area contributed by atoms with Gasteiger partial charge in [0.05, 0.1) is 11.4 Å². The molecule has 0 N–H and O–H groups in total. The Bertz CT molecular complexity index is 3690. The molecule has 9 aromatic carbocycles. The van der Waals surface area contributed by atoms with Gasteiger partial charge >= 0.3 is 0 Å². The summed E-state index contributed by atoms with van der Waals surface area (Å²) < 4.78 is 6.56. The van der Waals surface area contributed by atoms with Crippen molar-refractivity contribution in [3.63, 3.8) is 0 Å². The lowest BCUT2D eigenvalue weighted by atomic mass is 9.98. The number of benzene rings is 9. The van der Waals surface area contributed by atoms with E-state index in [9.17, 15) is 0 Å². The first-order chi connectivity index (χ1) is 31.2. The van der Waals surface area contributed by atoms with E-state index >= 15 is 0 Å². The van der Waals surface area contributed by atoms with Crippen LogP contribution in [-0.2, 0) is 0 Å². The molecule has 0 unspecified atom stereocenters. The molecule has 0 radical (unpaired) electrons. The summed E-state index contributed by atoms with van der Waals surface area (Å²) in [6.45, 7) is 0. The minimum atomic E-state index is 0.568. The minimum absolute atomic E-state index is 0.568. The second-order valence-electron chi connectivity index (χ2n) is 15.7. The molecule has 0 bridgehead atoms. The molecule has 0 saturated heterocycles. The minimum Gasteiger partial charge on any atom is -0.455 e. The van der Waals surface area contributed by atoms with E-state index < -0.39 is 0 Å². The summed E-state index contributed by atoms with van der Waals surface area (Å²) in [4.78, 5) is 25.5. The van der Waals surface area contributed by atoms with Gasteiger partial charge in [-0.2, -0.15) is 0 Å². The fourth-order valence-corrected chi connectivity index (χ4v) is 8.50. The molecule has 294 valence electrons. The third kappa shape index (κ3) is 6.76. The summed E-state index contributed by atoms with van der Waals surface area (Å²) in [7, 11) is 0. The van der Waals surface area contributed by atoms with Gasteiger partial charge in [0.1, 0.15) is 11.2 Å². The molecule has 12 rings (SSSR count). The highest BCUT2D eigenvalue weighted by molar-refractivity contribution is 6.15. The van der Waals surface area contributed by atoms with Crippen LogP contribution in [0.15, 0.2) is 217 Å². The van der Waals surface area contributed by atoms with Gasteiger partial charge in [-0.15, -0.1) is 0 Å². The molecule has 6 heteroatoms. The Kier molecular flexibility index (Phi) is 8.71. The van der Waals surface area contributed by atoms with Crippen molar-refractivity contribution in [2.75, 3.05) is 0 Å². The summed E-state index contributed by atoms with van der Waals surface area (Å²) in [5, 5.41) is 6.73. The molecule has 0 atom stereocenters. The van der Waals surface area contributed by atoms with Crippen LogP contribution in [-0.4, -0.2) is 24.9 Å². The van der Waals surface area contributed by atoms with Crippen molar-refractivity contribution in [3.05, 3.63) is 212 Å². The summed E-state index contributed by atoms with van der Waals surface area (Å²) in [5.41, 5.74) is 11.1. The van der Waals surface area contributed by atoms with Crippen LogP contribution in [0, 0.1) is 0 Å². The maximum Gasteiger partial charge on any atom is 0.164 e. The number of nitrogens with zero attached hydrogens (tertiary/aromatic N) is 5. The quantitative estimate of drug-likeness (QED) is 0.160. The van der Waals surface area contributed by atoms with Crippen molar-refractivity contribution in [1.29, 1.82) is 0 Å². The Morgan fingerprint density at radius 2 is 0.730 bits per heavy atom. The van der Waals surface area contributed by atoms with E-state index in [4.69, 9.17) is 29.3 Å². The predicted octanol–water partition coefficient (Wildman–Crippen LogP) is 14.5. The number of hydrogen-bond acceptors (Lipinski definition) is 6. The van der Waals surface area contributed by atoms with Crippen molar-refractivity contribution >= 4 is 43.5 Å². The molecular formula is C57H35N5O. The SMILES string of the molecule is c1ccc(-c2nc(-c3cccc(-c4cccc(-c5nc(-c6ccccc6)nc(-c6ccc7c(c6)oc6c8ccccc8ccc76)n5)c4)c3)cc(-c3ccc4ccccc4c3)n2)cc1. The van der Waals surface area contributed by atoms with Gasteiger partial charge < -0.3 is 4.42 Å². The Morgan fingerprint density at radius 3 is 1.44 bits per heavy atom. The van der Waals surface area contributed by atoms with E-state index in [1.165, 1.54) is 10.8 Å². The molecule has 0 aliphatic carbocycles. The van der Waals surface area contributed by atoms with E-state index in [0.717, 1.165) is 88.6 Å². The Labute approximate surface area is 362 Å². The molecule has 0 fully saturated rings. The van der Waals surface area contributed by atoms with Gasteiger partial charge in [0, 0.05) is 49.5 Å². The summed E-state index contributed by atoms with van der Waals surface area (Å²) in [5.74, 6) is 2.42. The number of aromatic nitrogens is 5. The molecule has 0 aliphatic heterocycles. The third-order valence-corrected chi connectivity index (χ3v) is 11.7. The largest absolute Gasteiger partial charge is 0.455 e. The Hall–Kier alpha value is -8.61. The van der Waals surface area contributed by atoms with Crippen molar-refractivity contribution in [3.8, 4) is 79.2 Å². The highest BCUT2D eigenvalue weighted by atomic mass is 16.3. The van der Waals surface area contributed by atoms with Gasteiger partial charge in [-0.05, 0) is 69.8 Å². The number of fused-ring (bicyclic) bond motifs is 6. The highest BCUT2D eigenvalue weighted by Crippen LogP contribution is 2.37. The van der Waals surface area contributed by atoms with E-state index in [-0.39, 0.29) is 0 Å². The standard InChI is InChI=1S/C57H35N5O/c1-3-15-38(16-4-1)54-58-50(35-51(59-54)44-26-25-36-13-7-8-19-40(36)31-44)43-22-11-20-41(32-43)42-21-12-23-45(33-42)56-60-55(39-17-5-2-6-18-39)61-57(62-56)46-28-29-48-49-30-27-37-14-9-10-24-47(37)53(49)63-52(48)34-46/h1-35H.